The first-order valence-corrected chi connectivity index (χ1v) is 9.00. The first-order chi connectivity index (χ1) is 13.2. The quantitative estimate of drug-likeness (QED) is 0.763. The Morgan fingerprint density at radius 1 is 1.22 bits per heavy atom. The van der Waals surface area contributed by atoms with Crippen molar-refractivity contribution in [3.63, 3.8) is 0 Å². The van der Waals surface area contributed by atoms with Crippen LogP contribution in [-0.2, 0) is 0 Å². The molecule has 27 heavy (non-hydrogen) atoms. The standard InChI is InChI=1S/C19H21N7O/c1-14-11-15(4-5-17(14)26-13-20-12-22-26)19(27)25-9-6-16(7-10-25)23-18-3-2-8-21-24-18/h2-5,8,11-13,16H,6-7,9-10H2,1H3,(H,23,24). The van der Waals surface area contributed by atoms with Gasteiger partial charge in [-0.25, -0.2) is 9.67 Å². The fourth-order valence-corrected chi connectivity index (χ4v) is 3.38. The van der Waals surface area contributed by atoms with Crippen LogP contribution in [0.2, 0.25) is 0 Å². The smallest absolute Gasteiger partial charge is 0.253 e. The summed E-state index contributed by atoms with van der Waals surface area (Å²) in [7, 11) is 0. The topological polar surface area (TPSA) is 88.8 Å². The number of benzene rings is 1. The Hall–Kier alpha value is -3.29. The molecule has 1 aliphatic rings. The van der Waals surface area contributed by atoms with Gasteiger partial charge in [0.1, 0.15) is 18.5 Å². The number of aryl methyl sites for hydroxylation is 1. The molecule has 2 aromatic heterocycles. The highest BCUT2D eigenvalue weighted by Gasteiger charge is 2.24. The lowest BCUT2D eigenvalue weighted by atomic mass is 10.0. The predicted octanol–water partition coefficient (Wildman–Crippen LogP) is 2.08. The molecule has 1 aliphatic heterocycles. The molecule has 0 radical (unpaired) electrons. The van der Waals surface area contributed by atoms with Crippen LogP contribution in [0.3, 0.4) is 0 Å². The zero-order chi connectivity index (χ0) is 18.6. The molecule has 8 heteroatoms. The summed E-state index contributed by atoms with van der Waals surface area (Å²) in [6, 6.07) is 9.77. The average molecular weight is 363 g/mol. The number of piperidine rings is 1. The van der Waals surface area contributed by atoms with Crippen LogP contribution in [0.25, 0.3) is 5.69 Å². The lowest BCUT2D eigenvalue weighted by Crippen LogP contribution is -2.42. The first kappa shape index (κ1) is 17.1. The van der Waals surface area contributed by atoms with Crippen LogP contribution in [0.15, 0.2) is 49.2 Å². The van der Waals surface area contributed by atoms with Gasteiger partial charge in [0.05, 0.1) is 5.69 Å². The lowest BCUT2D eigenvalue weighted by molar-refractivity contribution is 0.0718. The minimum Gasteiger partial charge on any atom is -0.366 e. The SMILES string of the molecule is Cc1cc(C(=O)N2CCC(Nc3cccnn3)CC2)ccc1-n1cncn1. The van der Waals surface area contributed by atoms with E-state index in [0.717, 1.165) is 43.0 Å². The van der Waals surface area contributed by atoms with Gasteiger partial charge < -0.3 is 10.2 Å². The Kier molecular flexibility index (Phi) is 4.78. The maximum atomic E-state index is 12.9. The second-order valence-corrected chi connectivity index (χ2v) is 6.66. The summed E-state index contributed by atoms with van der Waals surface area (Å²) in [5.74, 6) is 0.850. The first-order valence-electron chi connectivity index (χ1n) is 9.00. The van der Waals surface area contributed by atoms with Gasteiger partial charge in [-0.05, 0) is 55.7 Å². The summed E-state index contributed by atoms with van der Waals surface area (Å²) in [5, 5.41) is 15.5. The molecule has 0 spiro atoms. The van der Waals surface area contributed by atoms with E-state index >= 15 is 0 Å². The van der Waals surface area contributed by atoms with E-state index in [-0.39, 0.29) is 5.91 Å². The van der Waals surface area contributed by atoms with Gasteiger partial charge >= 0.3 is 0 Å². The molecule has 3 aromatic rings. The van der Waals surface area contributed by atoms with E-state index < -0.39 is 0 Å². The molecule has 0 saturated carbocycles. The van der Waals surface area contributed by atoms with E-state index in [9.17, 15) is 4.79 Å². The maximum Gasteiger partial charge on any atom is 0.253 e. The van der Waals surface area contributed by atoms with Crippen LogP contribution in [0.1, 0.15) is 28.8 Å². The summed E-state index contributed by atoms with van der Waals surface area (Å²) < 4.78 is 1.70. The summed E-state index contributed by atoms with van der Waals surface area (Å²) in [4.78, 5) is 18.7. The van der Waals surface area contributed by atoms with Crippen molar-refractivity contribution >= 4 is 11.7 Å². The van der Waals surface area contributed by atoms with Gasteiger partial charge in [0.15, 0.2) is 0 Å². The summed E-state index contributed by atoms with van der Waals surface area (Å²) in [6.45, 7) is 3.42. The second kappa shape index (κ2) is 7.53. The van der Waals surface area contributed by atoms with Crippen LogP contribution in [0.4, 0.5) is 5.82 Å². The monoisotopic (exact) mass is 363 g/mol. The number of aromatic nitrogens is 5. The molecule has 1 amide bonds. The van der Waals surface area contributed by atoms with Crippen LogP contribution in [0, 0.1) is 6.92 Å². The molecule has 1 saturated heterocycles. The highest BCUT2D eigenvalue weighted by atomic mass is 16.2. The number of carbonyl (C=O) groups is 1. The fourth-order valence-electron chi connectivity index (χ4n) is 3.38. The Bertz CT molecular complexity index is 903. The molecule has 0 aliphatic carbocycles. The number of likely N-dealkylation sites (tertiary alicyclic amines) is 1. The maximum absolute atomic E-state index is 12.9. The Balaban J connectivity index is 1.38. The van der Waals surface area contributed by atoms with E-state index in [4.69, 9.17) is 0 Å². The van der Waals surface area contributed by atoms with Gasteiger partial charge in [0, 0.05) is 30.9 Å². The number of carbonyl (C=O) groups excluding carboxylic acids is 1. The fraction of sp³-hybridized carbons (Fsp3) is 0.316. The number of hydrogen-bond acceptors (Lipinski definition) is 6. The summed E-state index contributed by atoms with van der Waals surface area (Å²) in [5.41, 5.74) is 2.62. The molecule has 1 aromatic carbocycles. The van der Waals surface area contributed by atoms with E-state index in [0.29, 0.717) is 11.6 Å². The molecular formula is C19H21N7O. The van der Waals surface area contributed by atoms with Gasteiger partial charge in [-0.2, -0.15) is 10.2 Å². The number of amides is 1. The number of nitrogens with one attached hydrogen (secondary N) is 1. The van der Waals surface area contributed by atoms with Gasteiger partial charge in [-0.3, -0.25) is 4.79 Å². The molecule has 1 fully saturated rings. The van der Waals surface area contributed by atoms with Crippen molar-refractivity contribution in [2.45, 2.75) is 25.8 Å². The molecule has 4 rings (SSSR count). The molecule has 1 N–H and O–H groups in total. The molecule has 0 unspecified atom stereocenters. The minimum atomic E-state index is 0.0705. The number of anilines is 1. The highest BCUT2D eigenvalue weighted by molar-refractivity contribution is 5.94. The Morgan fingerprint density at radius 2 is 2.07 bits per heavy atom. The van der Waals surface area contributed by atoms with Crippen molar-refractivity contribution in [1.29, 1.82) is 0 Å². The number of rotatable bonds is 4. The van der Waals surface area contributed by atoms with Crippen LogP contribution in [0.5, 0.6) is 0 Å². The van der Waals surface area contributed by atoms with Crippen molar-refractivity contribution < 1.29 is 4.79 Å². The van der Waals surface area contributed by atoms with Gasteiger partial charge in [-0.1, -0.05) is 0 Å². The lowest BCUT2D eigenvalue weighted by Gasteiger charge is -2.32. The normalized spacial score (nSPS) is 14.9. The largest absolute Gasteiger partial charge is 0.366 e. The third kappa shape index (κ3) is 3.79. The summed E-state index contributed by atoms with van der Waals surface area (Å²) >= 11 is 0. The van der Waals surface area contributed by atoms with E-state index in [1.54, 1.807) is 17.2 Å². The number of hydrogen-bond donors (Lipinski definition) is 1. The number of nitrogens with zero attached hydrogens (tertiary/aromatic N) is 6. The van der Waals surface area contributed by atoms with E-state index in [1.807, 2.05) is 42.2 Å². The van der Waals surface area contributed by atoms with Gasteiger partial charge in [-0.15, -0.1) is 5.10 Å². The zero-order valence-corrected chi connectivity index (χ0v) is 15.1. The second-order valence-electron chi connectivity index (χ2n) is 6.66. The Labute approximate surface area is 157 Å². The molecular weight excluding hydrogens is 342 g/mol. The van der Waals surface area contributed by atoms with Crippen LogP contribution in [-0.4, -0.2) is 54.9 Å². The third-order valence-electron chi connectivity index (χ3n) is 4.82. The van der Waals surface area contributed by atoms with Crippen molar-refractivity contribution in [3.8, 4) is 5.69 Å². The predicted molar refractivity (Wildman–Crippen MR) is 101 cm³/mol. The zero-order valence-electron chi connectivity index (χ0n) is 15.1. The highest BCUT2D eigenvalue weighted by Crippen LogP contribution is 2.20. The van der Waals surface area contributed by atoms with Crippen molar-refractivity contribution in [2.75, 3.05) is 18.4 Å². The van der Waals surface area contributed by atoms with Crippen molar-refractivity contribution in [3.05, 3.63) is 60.3 Å². The molecule has 138 valence electrons. The molecule has 0 bridgehead atoms. The Morgan fingerprint density at radius 3 is 2.74 bits per heavy atom. The molecule has 3 heterocycles. The van der Waals surface area contributed by atoms with Crippen LogP contribution >= 0.6 is 0 Å². The van der Waals surface area contributed by atoms with Crippen molar-refractivity contribution in [2.24, 2.45) is 0 Å². The summed E-state index contributed by atoms with van der Waals surface area (Å²) in [6.07, 6.45) is 6.58. The van der Waals surface area contributed by atoms with Crippen LogP contribution < -0.4 is 5.32 Å². The minimum absolute atomic E-state index is 0.0705. The van der Waals surface area contributed by atoms with Gasteiger partial charge in [0.2, 0.25) is 0 Å². The molecule has 8 nitrogen and oxygen atoms in total. The third-order valence-corrected chi connectivity index (χ3v) is 4.82. The molecule has 0 atom stereocenters. The van der Waals surface area contributed by atoms with Gasteiger partial charge in [0.25, 0.3) is 5.91 Å². The average Bonchev–Trinajstić information content (AvgIpc) is 3.23. The van der Waals surface area contributed by atoms with E-state index in [2.05, 4.69) is 25.6 Å². The van der Waals surface area contributed by atoms with Crippen molar-refractivity contribution in [1.82, 2.24) is 29.9 Å². The van der Waals surface area contributed by atoms with E-state index in [1.165, 1.54) is 6.33 Å².